The molecule has 6 nitrogen and oxygen atoms in total. The number of anilines is 1. The Balaban J connectivity index is 2.18. The van der Waals surface area contributed by atoms with Crippen LogP contribution in [0.15, 0.2) is 30.3 Å². The fraction of sp³-hybridized carbons (Fsp3) is 0.267. The van der Waals surface area contributed by atoms with Crippen LogP contribution in [0.2, 0.25) is 0 Å². The van der Waals surface area contributed by atoms with Gasteiger partial charge in [0.05, 0.1) is 11.5 Å². The Morgan fingerprint density at radius 1 is 1.38 bits per heavy atom. The lowest BCUT2D eigenvalue weighted by atomic mass is 10.0. The number of para-hydroxylation sites is 1. The summed E-state index contributed by atoms with van der Waals surface area (Å²) in [7, 11) is 0. The molecule has 0 amide bonds. The Labute approximate surface area is 121 Å². The molecule has 21 heavy (non-hydrogen) atoms. The summed E-state index contributed by atoms with van der Waals surface area (Å²) in [5.41, 5.74) is 2.08. The molecule has 1 aromatic heterocycles. The molecule has 0 aliphatic carbocycles. The molecule has 1 aliphatic rings. The molecule has 0 unspecified atom stereocenters. The van der Waals surface area contributed by atoms with Gasteiger partial charge in [0.1, 0.15) is 11.6 Å². The molecule has 1 aromatic carbocycles. The van der Waals surface area contributed by atoms with Crippen molar-refractivity contribution >= 4 is 11.5 Å². The van der Waals surface area contributed by atoms with Gasteiger partial charge in [-0.3, -0.25) is 10.1 Å². The number of benzene rings is 1. The van der Waals surface area contributed by atoms with Crippen LogP contribution in [0.5, 0.6) is 5.75 Å². The zero-order valence-corrected chi connectivity index (χ0v) is 11.6. The van der Waals surface area contributed by atoms with Crippen molar-refractivity contribution in [1.29, 1.82) is 0 Å². The van der Waals surface area contributed by atoms with E-state index in [0.717, 1.165) is 12.0 Å². The van der Waals surface area contributed by atoms with Crippen LogP contribution in [0.25, 0.3) is 11.3 Å². The molecule has 6 heteroatoms. The van der Waals surface area contributed by atoms with E-state index in [0.29, 0.717) is 36.0 Å². The second-order valence-corrected chi connectivity index (χ2v) is 4.74. The summed E-state index contributed by atoms with van der Waals surface area (Å²) in [6.07, 6.45) is 0.823. The van der Waals surface area contributed by atoms with Gasteiger partial charge in [-0.25, -0.2) is 4.98 Å². The summed E-state index contributed by atoms with van der Waals surface area (Å²) >= 11 is 0. The van der Waals surface area contributed by atoms with Crippen molar-refractivity contribution in [2.45, 2.75) is 13.3 Å². The van der Waals surface area contributed by atoms with E-state index in [4.69, 9.17) is 4.74 Å². The molecule has 1 aliphatic heterocycles. The third-order valence-electron chi connectivity index (χ3n) is 3.40. The zero-order chi connectivity index (χ0) is 14.8. The van der Waals surface area contributed by atoms with Gasteiger partial charge in [-0.05, 0) is 24.6 Å². The average molecular weight is 285 g/mol. The van der Waals surface area contributed by atoms with Crippen LogP contribution in [-0.4, -0.2) is 23.1 Å². The standard InChI is InChI=1S/C15H15N3O3/c1-2-16-13-7-6-12(18(19)20)14(17-13)11-5-3-4-10-8-9-21-15(10)11/h3-7H,2,8-9H2,1H3,(H,16,17). The Kier molecular flexibility index (Phi) is 3.43. The van der Waals surface area contributed by atoms with Crippen LogP contribution in [0.4, 0.5) is 11.5 Å². The van der Waals surface area contributed by atoms with Gasteiger partial charge in [0.25, 0.3) is 5.69 Å². The van der Waals surface area contributed by atoms with Crippen molar-refractivity contribution in [3.05, 3.63) is 46.0 Å². The predicted octanol–water partition coefficient (Wildman–Crippen LogP) is 3.02. The largest absolute Gasteiger partial charge is 0.492 e. The van der Waals surface area contributed by atoms with Gasteiger partial charge in [0, 0.05) is 24.6 Å². The summed E-state index contributed by atoms with van der Waals surface area (Å²) in [6, 6.07) is 8.78. The molecule has 0 fully saturated rings. The highest BCUT2D eigenvalue weighted by molar-refractivity contribution is 5.78. The van der Waals surface area contributed by atoms with E-state index in [1.807, 2.05) is 25.1 Å². The molecule has 0 bridgehead atoms. The maximum absolute atomic E-state index is 11.3. The van der Waals surface area contributed by atoms with Crippen molar-refractivity contribution in [1.82, 2.24) is 4.98 Å². The number of aromatic nitrogens is 1. The molecular formula is C15H15N3O3. The second kappa shape index (κ2) is 5.40. The smallest absolute Gasteiger partial charge is 0.295 e. The minimum atomic E-state index is -0.410. The van der Waals surface area contributed by atoms with E-state index < -0.39 is 4.92 Å². The van der Waals surface area contributed by atoms with Crippen LogP contribution in [0.1, 0.15) is 12.5 Å². The van der Waals surface area contributed by atoms with E-state index in [1.165, 1.54) is 6.07 Å². The minimum Gasteiger partial charge on any atom is -0.492 e. The van der Waals surface area contributed by atoms with E-state index in [2.05, 4.69) is 10.3 Å². The van der Waals surface area contributed by atoms with Gasteiger partial charge in [0.2, 0.25) is 0 Å². The first-order valence-corrected chi connectivity index (χ1v) is 6.85. The molecule has 2 heterocycles. The number of nitrogens with one attached hydrogen (secondary N) is 1. The highest BCUT2D eigenvalue weighted by Gasteiger charge is 2.24. The Hall–Kier alpha value is -2.63. The third-order valence-corrected chi connectivity index (χ3v) is 3.40. The van der Waals surface area contributed by atoms with E-state index >= 15 is 0 Å². The molecule has 3 rings (SSSR count). The van der Waals surface area contributed by atoms with Crippen LogP contribution in [0, 0.1) is 10.1 Å². The number of hydrogen-bond acceptors (Lipinski definition) is 5. The first-order valence-electron chi connectivity index (χ1n) is 6.85. The highest BCUT2D eigenvalue weighted by atomic mass is 16.6. The molecule has 0 spiro atoms. The molecule has 0 saturated heterocycles. The molecule has 2 aromatic rings. The number of hydrogen-bond donors (Lipinski definition) is 1. The second-order valence-electron chi connectivity index (χ2n) is 4.74. The molecular weight excluding hydrogens is 270 g/mol. The maximum atomic E-state index is 11.3. The van der Waals surface area contributed by atoms with Gasteiger partial charge in [-0.1, -0.05) is 12.1 Å². The fourth-order valence-electron chi connectivity index (χ4n) is 2.48. The lowest BCUT2D eigenvalue weighted by Gasteiger charge is -2.10. The predicted molar refractivity (Wildman–Crippen MR) is 79.7 cm³/mol. The number of rotatable bonds is 4. The van der Waals surface area contributed by atoms with Crippen LogP contribution >= 0.6 is 0 Å². The molecule has 0 atom stereocenters. The topological polar surface area (TPSA) is 77.3 Å². The Morgan fingerprint density at radius 2 is 2.24 bits per heavy atom. The normalized spacial score (nSPS) is 12.6. The summed E-state index contributed by atoms with van der Waals surface area (Å²) in [5, 5.41) is 14.3. The van der Waals surface area contributed by atoms with E-state index in [-0.39, 0.29) is 5.69 Å². The lowest BCUT2D eigenvalue weighted by Crippen LogP contribution is -2.02. The quantitative estimate of drug-likeness (QED) is 0.690. The van der Waals surface area contributed by atoms with Gasteiger partial charge in [-0.15, -0.1) is 0 Å². The van der Waals surface area contributed by atoms with Crippen LogP contribution in [-0.2, 0) is 6.42 Å². The first kappa shape index (κ1) is 13.4. The van der Waals surface area contributed by atoms with E-state index in [9.17, 15) is 10.1 Å². The number of nitro groups is 1. The van der Waals surface area contributed by atoms with Gasteiger partial charge in [0.15, 0.2) is 5.69 Å². The SMILES string of the molecule is CCNc1ccc([N+](=O)[O-])c(-c2cccc3c2OCC3)n1. The molecule has 1 N–H and O–H groups in total. The number of pyridine rings is 1. The molecule has 0 radical (unpaired) electrons. The average Bonchev–Trinajstić information content (AvgIpc) is 2.95. The van der Waals surface area contributed by atoms with Gasteiger partial charge < -0.3 is 10.1 Å². The number of ether oxygens (including phenoxy) is 1. The minimum absolute atomic E-state index is 0.0134. The summed E-state index contributed by atoms with van der Waals surface area (Å²) in [4.78, 5) is 15.3. The van der Waals surface area contributed by atoms with Crippen molar-refractivity contribution in [2.75, 3.05) is 18.5 Å². The Morgan fingerprint density at radius 3 is 3.00 bits per heavy atom. The molecule has 108 valence electrons. The Bertz CT molecular complexity index is 701. The van der Waals surface area contributed by atoms with E-state index in [1.54, 1.807) is 6.07 Å². The van der Waals surface area contributed by atoms with Gasteiger partial charge >= 0.3 is 0 Å². The lowest BCUT2D eigenvalue weighted by molar-refractivity contribution is -0.384. The van der Waals surface area contributed by atoms with Gasteiger partial charge in [-0.2, -0.15) is 0 Å². The van der Waals surface area contributed by atoms with Crippen molar-refractivity contribution in [2.24, 2.45) is 0 Å². The number of fused-ring (bicyclic) bond motifs is 1. The highest BCUT2D eigenvalue weighted by Crippen LogP contribution is 2.39. The van der Waals surface area contributed by atoms with Crippen molar-refractivity contribution < 1.29 is 9.66 Å². The summed E-state index contributed by atoms with van der Waals surface area (Å²) in [5.74, 6) is 1.33. The molecule has 0 saturated carbocycles. The van der Waals surface area contributed by atoms with Crippen LogP contribution < -0.4 is 10.1 Å². The van der Waals surface area contributed by atoms with Crippen molar-refractivity contribution in [3.63, 3.8) is 0 Å². The fourth-order valence-corrected chi connectivity index (χ4v) is 2.48. The maximum Gasteiger partial charge on any atom is 0.295 e. The summed E-state index contributed by atoms with van der Waals surface area (Å²) < 4.78 is 5.64. The zero-order valence-electron chi connectivity index (χ0n) is 11.6. The third kappa shape index (κ3) is 2.40. The monoisotopic (exact) mass is 285 g/mol. The summed E-state index contributed by atoms with van der Waals surface area (Å²) in [6.45, 7) is 3.26. The van der Waals surface area contributed by atoms with Crippen molar-refractivity contribution in [3.8, 4) is 17.0 Å². The number of nitrogens with zero attached hydrogens (tertiary/aromatic N) is 2. The first-order chi connectivity index (χ1) is 10.2. The van der Waals surface area contributed by atoms with Crippen LogP contribution in [0.3, 0.4) is 0 Å².